The minimum atomic E-state index is -0.688. The lowest BCUT2D eigenvalue weighted by Crippen LogP contribution is -2.36. The zero-order valence-electron chi connectivity index (χ0n) is 14.4. The van der Waals surface area contributed by atoms with Crippen LogP contribution in [0.3, 0.4) is 0 Å². The molecular formula is C18H18N2O4S2. The Hall–Kier alpha value is -2.32. The number of thiazole rings is 1. The van der Waals surface area contributed by atoms with Crippen LogP contribution in [-0.4, -0.2) is 23.3 Å². The topological polar surface area (TPSA) is 81.4 Å². The maximum atomic E-state index is 12.2. The zero-order chi connectivity index (χ0) is 18.5. The lowest BCUT2D eigenvalue weighted by molar-refractivity contribution is -0.127. The number of rotatable bonds is 7. The van der Waals surface area contributed by atoms with Crippen LogP contribution in [0.4, 0.5) is 0 Å². The minimum Gasteiger partial charge on any atom is -0.481 e. The Bertz CT molecular complexity index is 967. The normalized spacial score (nSPS) is 12.1. The number of nitrogens with one attached hydrogen (secondary N) is 1. The van der Waals surface area contributed by atoms with E-state index < -0.39 is 11.7 Å². The predicted molar refractivity (Wildman–Crippen MR) is 104 cm³/mol. The van der Waals surface area contributed by atoms with Crippen LogP contribution in [0.5, 0.6) is 5.75 Å². The molecule has 6 nitrogen and oxygen atoms in total. The molecule has 0 aliphatic carbocycles. The second-order valence-corrected chi connectivity index (χ2v) is 7.41. The van der Waals surface area contributed by atoms with Crippen LogP contribution in [0.15, 0.2) is 44.9 Å². The summed E-state index contributed by atoms with van der Waals surface area (Å²) in [6.45, 7) is 2.03. The van der Waals surface area contributed by atoms with E-state index >= 15 is 0 Å². The van der Waals surface area contributed by atoms with Gasteiger partial charge in [0.05, 0.1) is 12.2 Å². The fourth-order valence-corrected chi connectivity index (χ4v) is 3.83. The van der Waals surface area contributed by atoms with Gasteiger partial charge in [-0.3, -0.25) is 4.79 Å². The van der Waals surface area contributed by atoms with Crippen molar-refractivity contribution < 1.29 is 13.9 Å². The molecule has 0 aliphatic rings. The lowest BCUT2D eigenvalue weighted by atomic mass is 10.2. The maximum absolute atomic E-state index is 12.2. The average molecular weight is 390 g/mol. The van der Waals surface area contributed by atoms with Gasteiger partial charge in [0.1, 0.15) is 16.3 Å². The van der Waals surface area contributed by atoms with Crippen molar-refractivity contribution in [3.63, 3.8) is 0 Å². The van der Waals surface area contributed by atoms with E-state index in [1.54, 1.807) is 54.3 Å². The Morgan fingerprint density at radius 2 is 2.19 bits per heavy atom. The van der Waals surface area contributed by atoms with Gasteiger partial charge < -0.3 is 14.5 Å². The molecule has 26 heavy (non-hydrogen) atoms. The van der Waals surface area contributed by atoms with Crippen LogP contribution in [0.2, 0.25) is 0 Å². The van der Waals surface area contributed by atoms with Crippen molar-refractivity contribution in [2.45, 2.75) is 25.3 Å². The summed E-state index contributed by atoms with van der Waals surface area (Å²) in [6.07, 6.45) is 1.34. The van der Waals surface area contributed by atoms with Crippen LogP contribution in [0.1, 0.15) is 17.6 Å². The van der Waals surface area contributed by atoms with Crippen molar-refractivity contribution in [1.29, 1.82) is 0 Å². The molecule has 0 fully saturated rings. The summed E-state index contributed by atoms with van der Waals surface area (Å²) in [6, 6.07) is 8.17. The Labute approximate surface area is 158 Å². The van der Waals surface area contributed by atoms with Crippen molar-refractivity contribution in [1.82, 2.24) is 10.3 Å². The molecule has 2 aromatic heterocycles. The number of hydrogen-bond acceptors (Lipinski definition) is 7. The Kier molecular flexibility index (Phi) is 5.95. The van der Waals surface area contributed by atoms with Crippen molar-refractivity contribution in [2.24, 2.45) is 0 Å². The quantitative estimate of drug-likeness (QED) is 0.624. The number of fused-ring (bicyclic) bond motifs is 1. The Morgan fingerprint density at radius 3 is 3.00 bits per heavy atom. The summed E-state index contributed by atoms with van der Waals surface area (Å²) < 4.78 is 10.8. The highest BCUT2D eigenvalue weighted by Gasteiger charge is 2.15. The first-order valence-corrected chi connectivity index (χ1v) is 10.2. The predicted octanol–water partition coefficient (Wildman–Crippen LogP) is 3.20. The monoisotopic (exact) mass is 390 g/mol. The first-order valence-electron chi connectivity index (χ1n) is 7.95. The summed E-state index contributed by atoms with van der Waals surface area (Å²) in [5.74, 6) is 1.10. The van der Waals surface area contributed by atoms with E-state index in [0.29, 0.717) is 17.9 Å². The summed E-state index contributed by atoms with van der Waals surface area (Å²) in [7, 11) is 0. The van der Waals surface area contributed by atoms with Crippen molar-refractivity contribution in [3.8, 4) is 5.75 Å². The summed E-state index contributed by atoms with van der Waals surface area (Å²) in [4.78, 5) is 28.0. The number of thioether (sulfide) groups is 1. The van der Waals surface area contributed by atoms with E-state index in [9.17, 15) is 9.59 Å². The van der Waals surface area contributed by atoms with E-state index in [0.717, 1.165) is 21.8 Å². The third-order valence-corrected chi connectivity index (χ3v) is 5.23. The molecule has 0 saturated heterocycles. The molecule has 136 valence electrons. The maximum Gasteiger partial charge on any atom is 0.336 e. The molecule has 8 heteroatoms. The van der Waals surface area contributed by atoms with Gasteiger partial charge in [0, 0.05) is 28.7 Å². The van der Waals surface area contributed by atoms with Gasteiger partial charge in [0.15, 0.2) is 6.10 Å². The van der Waals surface area contributed by atoms with Gasteiger partial charge in [-0.2, -0.15) is 11.8 Å². The molecule has 3 aromatic rings. The molecule has 2 heterocycles. The van der Waals surface area contributed by atoms with E-state index in [-0.39, 0.29) is 5.91 Å². The highest BCUT2D eigenvalue weighted by atomic mass is 32.2. The number of nitrogens with zero attached hydrogens (tertiary/aromatic N) is 1. The molecule has 1 N–H and O–H groups in total. The smallest absolute Gasteiger partial charge is 0.336 e. The van der Waals surface area contributed by atoms with Gasteiger partial charge in [-0.05, 0) is 31.4 Å². The summed E-state index contributed by atoms with van der Waals surface area (Å²) >= 11 is 3.30. The van der Waals surface area contributed by atoms with Crippen LogP contribution < -0.4 is 15.7 Å². The van der Waals surface area contributed by atoms with E-state index in [2.05, 4.69) is 10.3 Å². The van der Waals surface area contributed by atoms with Gasteiger partial charge in [-0.25, -0.2) is 9.78 Å². The molecule has 0 aliphatic heterocycles. The molecule has 0 bridgehead atoms. The summed E-state index contributed by atoms with van der Waals surface area (Å²) in [5.41, 5.74) is 0.836. The number of ether oxygens (including phenoxy) is 1. The van der Waals surface area contributed by atoms with Gasteiger partial charge >= 0.3 is 5.63 Å². The molecule has 1 unspecified atom stereocenters. The standard InChI is InChI=1S/C18H18N2O4S2/c1-11(18(22)19-8-13-9-26-16(20-13)10-25-2)23-14-5-3-12-4-6-17(21)24-15(12)7-14/h3-7,9,11H,8,10H2,1-2H3,(H,19,22). The van der Waals surface area contributed by atoms with Crippen molar-refractivity contribution in [2.75, 3.05) is 6.26 Å². The Balaban J connectivity index is 1.58. The highest BCUT2D eigenvalue weighted by molar-refractivity contribution is 7.97. The average Bonchev–Trinajstić information content (AvgIpc) is 3.07. The molecular weight excluding hydrogens is 372 g/mol. The fraction of sp³-hybridized carbons (Fsp3) is 0.278. The van der Waals surface area contributed by atoms with Crippen LogP contribution >= 0.6 is 23.1 Å². The SMILES string of the molecule is CSCc1nc(CNC(=O)C(C)Oc2ccc3ccc(=O)oc3c2)cs1. The fourth-order valence-electron chi connectivity index (χ4n) is 2.31. The van der Waals surface area contributed by atoms with Gasteiger partial charge in [-0.15, -0.1) is 11.3 Å². The number of carbonyl (C=O) groups excluding carboxylic acids is 1. The number of aromatic nitrogens is 1. The minimum absolute atomic E-state index is 0.237. The molecule has 0 spiro atoms. The van der Waals surface area contributed by atoms with Crippen LogP contribution in [0.25, 0.3) is 11.0 Å². The molecule has 1 atom stereocenters. The first-order chi connectivity index (χ1) is 12.5. The first kappa shape index (κ1) is 18.5. The van der Waals surface area contributed by atoms with Crippen LogP contribution in [0, 0.1) is 0 Å². The van der Waals surface area contributed by atoms with Gasteiger partial charge in [0.25, 0.3) is 5.91 Å². The van der Waals surface area contributed by atoms with E-state index in [1.807, 2.05) is 11.6 Å². The number of hydrogen-bond donors (Lipinski definition) is 1. The third kappa shape index (κ3) is 4.64. The van der Waals surface area contributed by atoms with Crippen molar-refractivity contribution in [3.05, 3.63) is 56.8 Å². The second kappa shape index (κ2) is 8.37. The van der Waals surface area contributed by atoms with Crippen LogP contribution in [-0.2, 0) is 17.1 Å². The van der Waals surface area contributed by atoms with Crippen molar-refractivity contribution >= 4 is 40.0 Å². The Morgan fingerprint density at radius 1 is 1.38 bits per heavy atom. The number of benzene rings is 1. The van der Waals surface area contributed by atoms with E-state index in [1.165, 1.54) is 6.07 Å². The molecule has 0 saturated carbocycles. The van der Waals surface area contributed by atoms with Gasteiger partial charge in [-0.1, -0.05) is 0 Å². The third-order valence-electron chi connectivity index (χ3n) is 3.59. The van der Waals surface area contributed by atoms with E-state index in [4.69, 9.17) is 9.15 Å². The molecule has 3 rings (SSSR count). The van der Waals surface area contributed by atoms with Gasteiger partial charge in [0.2, 0.25) is 0 Å². The molecule has 1 aromatic carbocycles. The lowest BCUT2D eigenvalue weighted by Gasteiger charge is -2.14. The zero-order valence-corrected chi connectivity index (χ0v) is 16.0. The number of amides is 1. The summed E-state index contributed by atoms with van der Waals surface area (Å²) in [5, 5.41) is 6.60. The number of carbonyl (C=O) groups is 1. The highest BCUT2D eigenvalue weighted by Crippen LogP contribution is 2.20. The second-order valence-electron chi connectivity index (χ2n) is 5.60. The largest absolute Gasteiger partial charge is 0.481 e. The molecule has 1 amide bonds. The molecule has 0 radical (unpaired) electrons.